The van der Waals surface area contributed by atoms with Crippen molar-refractivity contribution in [1.82, 2.24) is 4.90 Å². The summed E-state index contributed by atoms with van der Waals surface area (Å²) in [4.78, 5) is 2.72. The summed E-state index contributed by atoms with van der Waals surface area (Å²) in [5.74, 6) is 1.98. The lowest BCUT2D eigenvalue weighted by atomic mass is 9.88. The number of piperidine rings is 1. The molecule has 2 rings (SSSR count). The monoisotopic (exact) mass is 273 g/mol. The zero-order valence-electron chi connectivity index (χ0n) is 9.76. The topological polar surface area (TPSA) is 3.24 Å². The van der Waals surface area contributed by atoms with Gasteiger partial charge in [0.15, 0.2) is 0 Å². The molecule has 0 N–H and O–H groups in total. The summed E-state index contributed by atoms with van der Waals surface area (Å²) in [6.07, 6.45) is 10.3. The Morgan fingerprint density at radius 2 is 1.53 bits per heavy atom. The average Bonchev–Trinajstić information content (AvgIpc) is 2.31. The highest BCUT2D eigenvalue weighted by Crippen LogP contribution is 2.26. The highest BCUT2D eigenvalue weighted by molar-refractivity contribution is 9.09. The van der Waals surface area contributed by atoms with Crippen molar-refractivity contribution in [2.24, 2.45) is 11.8 Å². The van der Waals surface area contributed by atoms with Crippen LogP contribution in [0.5, 0.6) is 0 Å². The molecule has 0 radical (unpaired) electrons. The van der Waals surface area contributed by atoms with Crippen molar-refractivity contribution in [1.29, 1.82) is 0 Å². The Morgan fingerprint density at radius 3 is 2.13 bits per heavy atom. The largest absolute Gasteiger partial charge is 0.303 e. The molecule has 1 heterocycles. The van der Waals surface area contributed by atoms with E-state index in [1.165, 1.54) is 69.9 Å². The van der Waals surface area contributed by atoms with Gasteiger partial charge in [-0.2, -0.15) is 0 Å². The van der Waals surface area contributed by atoms with E-state index >= 15 is 0 Å². The fraction of sp³-hybridized carbons (Fsp3) is 1.00. The Kier molecular flexibility index (Phi) is 4.96. The van der Waals surface area contributed by atoms with E-state index in [9.17, 15) is 0 Å². The summed E-state index contributed by atoms with van der Waals surface area (Å²) >= 11 is 3.61. The molecule has 1 aliphatic carbocycles. The number of halogens is 1. The van der Waals surface area contributed by atoms with Crippen LogP contribution >= 0.6 is 15.9 Å². The smallest absolute Gasteiger partial charge is 0.00606 e. The maximum Gasteiger partial charge on any atom is 0.00606 e. The molecule has 0 aromatic carbocycles. The van der Waals surface area contributed by atoms with Crippen LogP contribution in [0.25, 0.3) is 0 Å². The van der Waals surface area contributed by atoms with E-state index in [2.05, 4.69) is 20.8 Å². The molecular weight excluding hydrogens is 250 g/mol. The second kappa shape index (κ2) is 6.24. The van der Waals surface area contributed by atoms with E-state index in [1.807, 2.05) is 0 Å². The summed E-state index contributed by atoms with van der Waals surface area (Å²) < 4.78 is 0. The minimum Gasteiger partial charge on any atom is -0.303 e. The fourth-order valence-corrected chi connectivity index (χ4v) is 3.71. The van der Waals surface area contributed by atoms with Crippen molar-refractivity contribution in [3.8, 4) is 0 Å². The molecule has 0 bridgehead atoms. The van der Waals surface area contributed by atoms with E-state index in [4.69, 9.17) is 0 Å². The van der Waals surface area contributed by atoms with Gasteiger partial charge in [-0.15, -0.1) is 0 Å². The van der Waals surface area contributed by atoms with Crippen LogP contribution in [0.4, 0.5) is 0 Å². The molecule has 2 aliphatic rings. The highest BCUT2D eigenvalue weighted by Gasteiger charge is 2.21. The summed E-state index contributed by atoms with van der Waals surface area (Å²) in [6, 6.07) is 0. The predicted molar refractivity (Wildman–Crippen MR) is 69.5 cm³/mol. The summed E-state index contributed by atoms with van der Waals surface area (Å²) in [5, 5.41) is 1.21. The lowest BCUT2D eigenvalue weighted by molar-refractivity contribution is 0.152. The number of alkyl halides is 1. The number of rotatable bonds is 3. The molecule has 2 heteroatoms. The zero-order chi connectivity index (χ0) is 10.5. The lowest BCUT2D eigenvalue weighted by Gasteiger charge is -2.34. The maximum absolute atomic E-state index is 3.61. The molecule has 0 atom stereocenters. The van der Waals surface area contributed by atoms with Crippen LogP contribution in [0.1, 0.15) is 44.9 Å². The third-order valence-corrected chi connectivity index (χ3v) is 5.08. The quantitative estimate of drug-likeness (QED) is 0.710. The van der Waals surface area contributed by atoms with Gasteiger partial charge in [0.25, 0.3) is 0 Å². The number of nitrogens with zero attached hydrogens (tertiary/aromatic N) is 1. The molecule has 15 heavy (non-hydrogen) atoms. The SMILES string of the molecule is BrCC1CCN(CC2CCCCC2)CC1. The lowest BCUT2D eigenvalue weighted by Crippen LogP contribution is -2.37. The third-order valence-electron chi connectivity index (χ3n) is 4.17. The second-order valence-electron chi connectivity index (χ2n) is 5.40. The van der Waals surface area contributed by atoms with Crippen molar-refractivity contribution < 1.29 is 0 Å². The van der Waals surface area contributed by atoms with Crippen molar-refractivity contribution in [2.75, 3.05) is 25.0 Å². The van der Waals surface area contributed by atoms with Crippen LogP contribution in [0.2, 0.25) is 0 Å². The Balaban J connectivity index is 1.67. The van der Waals surface area contributed by atoms with E-state index in [0.717, 1.165) is 11.8 Å². The number of hydrogen-bond donors (Lipinski definition) is 0. The molecule has 1 nitrogen and oxygen atoms in total. The van der Waals surface area contributed by atoms with E-state index < -0.39 is 0 Å². The van der Waals surface area contributed by atoms with Crippen molar-refractivity contribution >= 4 is 15.9 Å². The van der Waals surface area contributed by atoms with Crippen LogP contribution in [0, 0.1) is 11.8 Å². The summed E-state index contributed by atoms with van der Waals surface area (Å²) in [5.41, 5.74) is 0. The molecule has 1 aliphatic heterocycles. The molecule has 1 saturated heterocycles. The molecule has 0 unspecified atom stereocenters. The first kappa shape index (κ1) is 11.9. The maximum atomic E-state index is 3.61. The van der Waals surface area contributed by atoms with Crippen molar-refractivity contribution in [2.45, 2.75) is 44.9 Å². The first-order valence-electron chi connectivity index (χ1n) is 6.67. The predicted octanol–water partition coefficient (Wildman–Crippen LogP) is 3.67. The molecule has 88 valence electrons. The molecule has 0 spiro atoms. The van der Waals surface area contributed by atoms with Gasteiger partial charge in [-0.25, -0.2) is 0 Å². The van der Waals surface area contributed by atoms with E-state index in [0.29, 0.717) is 0 Å². The zero-order valence-corrected chi connectivity index (χ0v) is 11.3. The standard InChI is InChI=1S/C13H24BrN/c14-10-12-6-8-15(9-7-12)11-13-4-2-1-3-5-13/h12-13H,1-11H2. The van der Waals surface area contributed by atoms with Crippen LogP contribution in [0.15, 0.2) is 0 Å². The van der Waals surface area contributed by atoms with Gasteiger partial charge in [0.1, 0.15) is 0 Å². The second-order valence-corrected chi connectivity index (χ2v) is 6.05. The van der Waals surface area contributed by atoms with Crippen molar-refractivity contribution in [3.63, 3.8) is 0 Å². The fourth-order valence-electron chi connectivity index (χ4n) is 3.06. The summed E-state index contributed by atoms with van der Waals surface area (Å²) in [6.45, 7) is 4.11. The highest BCUT2D eigenvalue weighted by atomic mass is 79.9. The van der Waals surface area contributed by atoms with E-state index in [-0.39, 0.29) is 0 Å². The Bertz CT molecular complexity index is 169. The minimum absolute atomic E-state index is 0.951. The molecule has 1 saturated carbocycles. The van der Waals surface area contributed by atoms with E-state index in [1.54, 1.807) is 0 Å². The van der Waals surface area contributed by atoms with Gasteiger partial charge in [-0.05, 0) is 50.6 Å². The Morgan fingerprint density at radius 1 is 0.867 bits per heavy atom. The first-order chi connectivity index (χ1) is 7.38. The molecule has 2 fully saturated rings. The Labute approximate surface area is 103 Å². The van der Waals surface area contributed by atoms with Crippen LogP contribution in [-0.4, -0.2) is 29.9 Å². The Hall–Kier alpha value is 0.440. The summed E-state index contributed by atoms with van der Waals surface area (Å²) in [7, 11) is 0. The van der Waals surface area contributed by atoms with Gasteiger partial charge in [0.2, 0.25) is 0 Å². The van der Waals surface area contributed by atoms with Crippen LogP contribution < -0.4 is 0 Å². The number of hydrogen-bond acceptors (Lipinski definition) is 1. The van der Waals surface area contributed by atoms with Gasteiger partial charge in [0, 0.05) is 11.9 Å². The molecule has 0 aromatic rings. The molecule has 0 aromatic heterocycles. The van der Waals surface area contributed by atoms with Gasteiger partial charge < -0.3 is 4.90 Å². The van der Waals surface area contributed by atoms with Crippen LogP contribution in [-0.2, 0) is 0 Å². The average molecular weight is 274 g/mol. The minimum atomic E-state index is 0.951. The van der Waals surface area contributed by atoms with Gasteiger partial charge >= 0.3 is 0 Å². The van der Waals surface area contributed by atoms with Gasteiger partial charge in [-0.3, -0.25) is 0 Å². The third kappa shape index (κ3) is 3.74. The van der Waals surface area contributed by atoms with Crippen molar-refractivity contribution in [3.05, 3.63) is 0 Å². The van der Waals surface area contributed by atoms with Gasteiger partial charge in [0.05, 0.1) is 0 Å². The molecular formula is C13H24BrN. The first-order valence-corrected chi connectivity index (χ1v) is 7.79. The molecule has 0 amide bonds. The normalized spacial score (nSPS) is 27.0. The number of likely N-dealkylation sites (tertiary alicyclic amines) is 1. The van der Waals surface area contributed by atoms with Gasteiger partial charge in [-0.1, -0.05) is 35.2 Å². The van der Waals surface area contributed by atoms with Crippen LogP contribution in [0.3, 0.4) is 0 Å².